The SMILES string of the molecule is c1ccc(-c2nc(-c3ccc4cc(-c5cccc6ccc7nc(-c8ccccc8)oc7c56)ccc4c3)nc(-c3ccc4oc5ccccc5c4c3)n2)cc1. The highest BCUT2D eigenvalue weighted by molar-refractivity contribution is 6.12. The molecule has 3 aromatic heterocycles. The molecule has 0 radical (unpaired) electrons. The fraction of sp³-hybridized carbons (Fsp3) is 0. The van der Waals surface area contributed by atoms with Gasteiger partial charge in [0.15, 0.2) is 23.1 Å². The van der Waals surface area contributed by atoms with Gasteiger partial charge < -0.3 is 8.83 Å². The molecule has 0 saturated heterocycles. The van der Waals surface area contributed by atoms with Crippen molar-refractivity contribution in [1.29, 1.82) is 0 Å². The Hall–Kier alpha value is -7.44. The molecule has 0 saturated carbocycles. The first-order valence-corrected chi connectivity index (χ1v) is 17.9. The van der Waals surface area contributed by atoms with E-state index in [1.807, 2.05) is 97.1 Å². The minimum absolute atomic E-state index is 0.603. The number of nitrogens with zero attached hydrogens (tertiary/aromatic N) is 4. The van der Waals surface area contributed by atoms with Crippen LogP contribution in [0.5, 0.6) is 0 Å². The van der Waals surface area contributed by atoms with E-state index in [9.17, 15) is 0 Å². The molecular weight excluding hydrogens is 665 g/mol. The van der Waals surface area contributed by atoms with E-state index in [0.717, 1.165) is 88.0 Å². The van der Waals surface area contributed by atoms with E-state index in [1.165, 1.54) is 0 Å². The molecule has 0 amide bonds. The van der Waals surface area contributed by atoms with E-state index in [0.29, 0.717) is 23.4 Å². The number of hydrogen-bond acceptors (Lipinski definition) is 6. The second-order valence-corrected chi connectivity index (χ2v) is 13.5. The number of benzene rings is 8. The van der Waals surface area contributed by atoms with Crippen LogP contribution in [-0.2, 0) is 0 Å². The lowest BCUT2D eigenvalue weighted by atomic mass is 9.95. The van der Waals surface area contributed by atoms with Crippen molar-refractivity contribution in [1.82, 2.24) is 19.9 Å². The van der Waals surface area contributed by atoms with E-state index >= 15 is 0 Å². The summed E-state index contributed by atoms with van der Waals surface area (Å²) in [6, 6.07) is 57.8. The summed E-state index contributed by atoms with van der Waals surface area (Å²) in [6.45, 7) is 0. The predicted octanol–water partition coefficient (Wildman–Crippen LogP) is 12.6. The summed E-state index contributed by atoms with van der Waals surface area (Å²) >= 11 is 0. The molecular formula is C48H28N4O2. The number of oxazole rings is 1. The topological polar surface area (TPSA) is 77.8 Å². The fourth-order valence-corrected chi connectivity index (χ4v) is 7.47. The van der Waals surface area contributed by atoms with Crippen LogP contribution in [0.1, 0.15) is 0 Å². The molecule has 0 bridgehead atoms. The maximum Gasteiger partial charge on any atom is 0.227 e. The zero-order valence-electron chi connectivity index (χ0n) is 28.8. The smallest absolute Gasteiger partial charge is 0.227 e. The van der Waals surface area contributed by atoms with Crippen molar-refractivity contribution in [3.63, 3.8) is 0 Å². The summed E-state index contributed by atoms with van der Waals surface area (Å²) in [5.41, 5.74) is 9.19. The van der Waals surface area contributed by atoms with Gasteiger partial charge in [0.2, 0.25) is 5.89 Å². The lowest BCUT2D eigenvalue weighted by Crippen LogP contribution is -2.00. The first-order chi connectivity index (χ1) is 26.7. The molecule has 0 N–H and O–H groups in total. The van der Waals surface area contributed by atoms with E-state index in [-0.39, 0.29) is 0 Å². The first-order valence-electron chi connectivity index (χ1n) is 17.9. The molecule has 11 rings (SSSR count). The summed E-state index contributed by atoms with van der Waals surface area (Å²) in [5, 5.41) is 6.44. The zero-order valence-corrected chi connectivity index (χ0v) is 28.8. The van der Waals surface area contributed by atoms with Gasteiger partial charge in [-0.05, 0) is 81.9 Å². The van der Waals surface area contributed by atoms with E-state index in [2.05, 4.69) is 72.8 Å². The van der Waals surface area contributed by atoms with Gasteiger partial charge >= 0.3 is 0 Å². The fourth-order valence-electron chi connectivity index (χ4n) is 7.47. The van der Waals surface area contributed by atoms with Crippen LogP contribution in [0.3, 0.4) is 0 Å². The Morgan fingerprint density at radius 1 is 0.352 bits per heavy atom. The van der Waals surface area contributed by atoms with E-state index in [4.69, 9.17) is 28.8 Å². The minimum atomic E-state index is 0.603. The van der Waals surface area contributed by atoms with Gasteiger partial charge in [0.05, 0.1) is 0 Å². The molecule has 8 aromatic carbocycles. The maximum atomic E-state index is 6.47. The van der Waals surface area contributed by atoms with Crippen LogP contribution in [0.25, 0.3) is 111 Å². The summed E-state index contributed by atoms with van der Waals surface area (Å²) in [5.74, 6) is 2.45. The van der Waals surface area contributed by atoms with Crippen molar-refractivity contribution in [2.24, 2.45) is 0 Å². The number of aromatic nitrogens is 4. The minimum Gasteiger partial charge on any atom is -0.456 e. The third kappa shape index (κ3) is 5.04. The summed E-state index contributed by atoms with van der Waals surface area (Å²) in [7, 11) is 0. The summed E-state index contributed by atoms with van der Waals surface area (Å²) in [4.78, 5) is 19.9. The molecule has 54 heavy (non-hydrogen) atoms. The molecule has 0 aliphatic carbocycles. The highest BCUT2D eigenvalue weighted by Crippen LogP contribution is 2.38. The lowest BCUT2D eigenvalue weighted by Gasteiger charge is -2.11. The van der Waals surface area contributed by atoms with Gasteiger partial charge in [0.25, 0.3) is 0 Å². The summed E-state index contributed by atoms with van der Waals surface area (Å²) < 4.78 is 12.6. The second-order valence-electron chi connectivity index (χ2n) is 13.5. The van der Waals surface area contributed by atoms with Gasteiger partial charge in [0.1, 0.15) is 16.7 Å². The van der Waals surface area contributed by atoms with Crippen molar-refractivity contribution < 1.29 is 8.83 Å². The van der Waals surface area contributed by atoms with Crippen LogP contribution in [0.2, 0.25) is 0 Å². The van der Waals surface area contributed by atoms with Gasteiger partial charge in [-0.15, -0.1) is 0 Å². The summed E-state index contributed by atoms with van der Waals surface area (Å²) in [6.07, 6.45) is 0. The van der Waals surface area contributed by atoms with Gasteiger partial charge in [-0.2, -0.15) is 0 Å². The third-order valence-corrected chi connectivity index (χ3v) is 10.1. The maximum absolute atomic E-state index is 6.47. The van der Waals surface area contributed by atoms with Gasteiger partial charge in [0, 0.05) is 38.4 Å². The number of furan rings is 1. The van der Waals surface area contributed by atoms with Crippen LogP contribution in [0, 0.1) is 0 Å². The molecule has 0 fully saturated rings. The normalized spacial score (nSPS) is 11.7. The largest absolute Gasteiger partial charge is 0.456 e. The Labute approximate surface area is 309 Å². The van der Waals surface area contributed by atoms with Crippen LogP contribution in [0.4, 0.5) is 0 Å². The monoisotopic (exact) mass is 692 g/mol. The third-order valence-electron chi connectivity index (χ3n) is 10.1. The highest BCUT2D eigenvalue weighted by atomic mass is 16.3. The van der Waals surface area contributed by atoms with Crippen LogP contribution < -0.4 is 0 Å². The molecule has 6 nitrogen and oxygen atoms in total. The Morgan fingerprint density at radius 2 is 0.963 bits per heavy atom. The van der Waals surface area contributed by atoms with Crippen molar-refractivity contribution in [3.8, 4) is 56.7 Å². The van der Waals surface area contributed by atoms with Crippen molar-refractivity contribution in [3.05, 3.63) is 170 Å². The molecule has 252 valence electrons. The Morgan fingerprint density at radius 3 is 1.76 bits per heavy atom. The van der Waals surface area contributed by atoms with Crippen LogP contribution in [0.15, 0.2) is 179 Å². The average Bonchev–Trinajstić information content (AvgIpc) is 3.86. The molecule has 3 heterocycles. The quantitative estimate of drug-likeness (QED) is 0.179. The molecule has 11 aromatic rings. The average molecular weight is 693 g/mol. The Bertz CT molecular complexity index is 3220. The zero-order chi connectivity index (χ0) is 35.6. The molecule has 0 spiro atoms. The number of fused-ring (bicyclic) bond motifs is 7. The lowest BCUT2D eigenvalue weighted by molar-refractivity contribution is 0.623. The molecule has 0 aliphatic heterocycles. The second kappa shape index (κ2) is 12.1. The number of rotatable bonds is 5. The van der Waals surface area contributed by atoms with Gasteiger partial charge in [-0.1, -0.05) is 115 Å². The molecule has 0 unspecified atom stereocenters. The highest BCUT2D eigenvalue weighted by Gasteiger charge is 2.17. The molecule has 0 aliphatic rings. The van der Waals surface area contributed by atoms with E-state index in [1.54, 1.807) is 0 Å². The number of hydrogen-bond donors (Lipinski definition) is 0. The van der Waals surface area contributed by atoms with Crippen molar-refractivity contribution >= 4 is 54.6 Å². The Kier molecular flexibility index (Phi) is 6.75. The Balaban J connectivity index is 1.02. The first kappa shape index (κ1) is 30.2. The number of para-hydroxylation sites is 1. The standard InChI is InChI=1S/C48H28N4O2/c1-3-10-30(11-4-1)45-50-46(52-47(51-45)36-23-25-42-39(28-36)38-15-7-8-17-41(38)53-42)35-21-19-32-26-34(20-18-33(32)27-35)37-16-9-14-29-22-24-40-44(43(29)37)54-48(49-40)31-12-5-2-6-13-31/h1-28H. The predicted molar refractivity (Wildman–Crippen MR) is 217 cm³/mol. The van der Waals surface area contributed by atoms with Gasteiger partial charge in [-0.3, -0.25) is 0 Å². The van der Waals surface area contributed by atoms with E-state index < -0.39 is 0 Å². The van der Waals surface area contributed by atoms with Crippen LogP contribution in [-0.4, -0.2) is 19.9 Å². The van der Waals surface area contributed by atoms with Gasteiger partial charge in [-0.25, -0.2) is 19.9 Å². The van der Waals surface area contributed by atoms with Crippen LogP contribution >= 0.6 is 0 Å². The molecule has 6 heteroatoms. The molecule has 0 atom stereocenters. The van der Waals surface area contributed by atoms with Crippen molar-refractivity contribution in [2.75, 3.05) is 0 Å². The van der Waals surface area contributed by atoms with Crippen molar-refractivity contribution in [2.45, 2.75) is 0 Å².